The number of rotatable bonds is 32. The van der Waals surface area contributed by atoms with E-state index in [1.54, 1.807) is 38.0 Å². The largest absolute Gasteiger partial charge is 0.379 e. The maximum Gasteiger partial charge on any atom is 0.253 e. The first-order valence-electron chi connectivity index (χ1n) is 25.7. The maximum absolute atomic E-state index is 14.5. The first kappa shape index (κ1) is 59.5. The topological polar surface area (TPSA) is 192 Å². The normalized spacial score (nSPS) is 18.4. The van der Waals surface area contributed by atoms with E-state index in [-0.39, 0.29) is 91.2 Å². The van der Waals surface area contributed by atoms with Crippen LogP contribution >= 0.6 is 0 Å². The van der Waals surface area contributed by atoms with Gasteiger partial charge in [-0.3, -0.25) is 48.2 Å². The average molecular weight is 979 g/mol. The van der Waals surface area contributed by atoms with Gasteiger partial charge in [0.1, 0.15) is 0 Å². The summed E-state index contributed by atoms with van der Waals surface area (Å²) in [5, 5.41) is 5.87. The molecule has 0 aliphatic carbocycles. The fourth-order valence-electron chi connectivity index (χ4n) is 10.3. The van der Waals surface area contributed by atoms with Crippen LogP contribution in [0.5, 0.6) is 0 Å². The molecular weight excluding hydrogens is 893 g/mol. The van der Waals surface area contributed by atoms with Crippen LogP contribution in [-0.2, 0) is 54.3 Å². The van der Waals surface area contributed by atoms with Crippen molar-refractivity contribution in [1.82, 2.24) is 30.2 Å². The number of carbonyl (C=O) groups is 8. The van der Waals surface area contributed by atoms with Crippen molar-refractivity contribution < 1.29 is 47.8 Å². The van der Waals surface area contributed by atoms with Gasteiger partial charge in [0.25, 0.3) is 11.8 Å². The fraction of sp³-hybridized carbons (Fsp3) is 0.704. The predicted molar refractivity (Wildman–Crippen MR) is 270 cm³/mol. The third kappa shape index (κ3) is 17.2. The van der Waals surface area contributed by atoms with Crippen molar-refractivity contribution in [3.05, 3.63) is 48.0 Å². The lowest BCUT2D eigenvalue weighted by Gasteiger charge is -2.41. The number of unbranched alkanes of at least 4 members (excludes halogenated alkanes) is 3. The van der Waals surface area contributed by atoms with Gasteiger partial charge in [0.2, 0.25) is 23.6 Å². The summed E-state index contributed by atoms with van der Waals surface area (Å²) in [7, 11) is 8.64. The second-order valence-corrected chi connectivity index (χ2v) is 20.4. The molecule has 2 aliphatic rings. The lowest BCUT2D eigenvalue weighted by Crippen LogP contribution is -2.55. The Labute approximate surface area is 418 Å². The number of hydrogen-bond acceptors (Lipinski definition) is 11. The summed E-state index contributed by atoms with van der Waals surface area (Å²) in [6.45, 7) is 14.8. The molecule has 0 bridgehead atoms. The van der Waals surface area contributed by atoms with Crippen LogP contribution in [0, 0.1) is 29.6 Å². The molecule has 2 aliphatic heterocycles. The van der Waals surface area contributed by atoms with Crippen molar-refractivity contribution in [2.45, 2.75) is 162 Å². The van der Waals surface area contributed by atoms with Crippen LogP contribution in [0.4, 0.5) is 0 Å². The summed E-state index contributed by atoms with van der Waals surface area (Å²) < 4.78 is 12.1. The monoisotopic (exact) mass is 979 g/mol. The number of Topliss-reactive ketones (excluding diaryl/α,β-unsaturated/α-hetero) is 2. The second-order valence-electron chi connectivity index (χ2n) is 20.4. The number of ether oxygens (including phenoxy) is 2. The van der Waals surface area contributed by atoms with E-state index in [9.17, 15) is 38.4 Å². The smallest absolute Gasteiger partial charge is 0.253 e. The van der Waals surface area contributed by atoms with Crippen LogP contribution < -0.4 is 10.6 Å². The summed E-state index contributed by atoms with van der Waals surface area (Å²) in [5.41, 5.74) is 0.906. The molecule has 1 aromatic carbocycles. The van der Waals surface area contributed by atoms with Crippen molar-refractivity contribution >= 4 is 47.0 Å². The molecule has 1 saturated heterocycles. The highest BCUT2D eigenvalue weighted by Gasteiger charge is 2.43. The Bertz CT molecular complexity index is 1900. The van der Waals surface area contributed by atoms with Crippen molar-refractivity contribution in [2.24, 2.45) is 29.6 Å². The molecule has 0 aromatic heterocycles. The van der Waals surface area contributed by atoms with Gasteiger partial charge in [-0.1, -0.05) is 98.1 Å². The van der Waals surface area contributed by atoms with Crippen LogP contribution in [0.1, 0.15) is 125 Å². The van der Waals surface area contributed by atoms with Gasteiger partial charge in [0.05, 0.1) is 48.7 Å². The predicted octanol–water partition coefficient (Wildman–Crippen LogP) is 5.40. The number of nitrogens with one attached hydrogen (secondary N) is 2. The SMILES string of the molecule is CC[C@H](C)[C@@H]([C@@H](CC(=O)N1CCC[C@H]1[C@H](OC)[C@@H](C)C(=O)N[C@@H](Cc1ccccc1)C(=O)CCCCCCNC(=O)CCN1C(=O)C=CC1=O)OC)N(C)C(=O)[C@@H](CC(=O)[C@H](C(C)C)N(C)C)C(C)C. The number of methoxy groups -OCH3 is 2. The van der Waals surface area contributed by atoms with E-state index >= 15 is 0 Å². The highest BCUT2D eigenvalue weighted by molar-refractivity contribution is 6.13. The Hall–Kier alpha value is -4.80. The number of nitrogens with zero attached hydrogens (tertiary/aromatic N) is 4. The number of likely N-dealkylation sites (tertiary alicyclic amines) is 1. The molecule has 16 nitrogen and oxygen atoms in total. The second kappa shape index (κ2) is 29.5. The average Bonchev–Trinajstić information content (AvgIpc) is 3.94. The minimum absolute atomic E-state index is 0.00352. The summed E-state index contributed by atoms with van der Waals surface area (Å²) in [4.78, 5) is 113. The highest BCUT2D eigenvalue weighted by Crippen LogP contribution is 2.31. The van der Waals surface area contributed by atoms with Crippen LogP contribution in [0.3, 0.4) is 0 Å². The molecule has 1 aromatic rings. The molecule has 0 spiro atoms. The molecular formula is C54H86N6O10. The molecule has 0 saturated carbocycles. The van der Waals surface area contributed by atoms with Crippen LogP contribution in [0.15, 0.2) is 42.5 Å². The Kier molecular flexibility index (Phi) is 25.1. The molecule has 392 valence electrons. The van der Waals surface area contributed by atoms with Crippen molar-refractivity contribution in [2.75, 3.05) is 55.0 Å². The molecule has 0 radical (unpaired) electrons. The standard InChI is InChI=1S/C54H86N6O10/c1-13-37(6)51(58(10)54(68)40(35(2)3)33-44(62)50(36(4)5)57(8)9)45(69-11)34-49(66)59-30-21-24-42(59)52(70-12)38(7)53(67)56-41(32-39-22-17-16-18-23-39)43(61)25-19-14-15-20-29-55-46(63)28-31-60-47(64)26-27-48(60)65/h16-18,22-23,26-27,35-38,40-42,45,50-52H,13-15,19-21,24-25,28-34H2,1-12H3,(H,55,63)(H,56,67)/t37-,38+,40-,41-,42-,45+,50-,51-,52+/m0/s1. The molecule has 2 N–H and O–H groups in total. The van der Waals surface area contributed by atoms with E-state index in [0.717, 1.165) is 29.7 Å². The third-order valence-corrected chi connectivity index (χ3v) is 14.4. The maximum atomic E-state index is 14.5. The van der Waals surface area contributed by atoms with E-state index < -0.39 is 54.0 Å². The van der Waals surface area contributed by atoms with E-state index in [4.69, 9.17) is 9.47 Å². The van der Waals surface area contributed by atoms with E-state index in [0.29, 0.717) is 45.2 Å². The van der Waals surface area contributed by atoms with Gasteiger partial charge >= 0.3 is 0 Å². The molecule has 0 unspecified atom stereocenters. The zero-order chi connectivity index (χ0) is 52.2. The van der Waals surface area contributed by atoms with Crippen molar-refractivity contribution in [3.63, 3.8) is 0 Å². The van der Waals surface area contributed by atoms with Gasteiger partial charge < -0.3 is 29.9 Å². The van der Waals surface area contributed by atoms with Crippen molar-refractivity contribution in [1.29, 1.82) is 0 Å². The first-order valence-corrected chi connectivity index (χ1v) is 25.7. The lowest BCUT2D eigenvalue weighted by atomic mass is 9.83. The lowest BCUT2D eigenvalue weighted by molar-refractivity contribution is -0.149. The number of imide groups is 1. The fourth-order valence-corrected chi connectivity index (χ4v) is 10.3. The van der Waals surface area contributed by atoms with Crippen LogP contribution in [0.25, 0.3) is 0 Å². The number of ketones is 2. The van der Waals surface area contributed by atoms with E-state index in [1.807, 2.05) is 83.9 Å². The van der Waals surface area contributed by atoms with E-state index in [1.165, 1.54) is 12.2 Å². The molecule has 9 atom stereocenters. The molecule has 70 heavy (non-hydrogen) atoms. The quantitative estimate of drug-likeness (QED) is 0.0694. The third-order valence-electron chi connectivity index (χ3n) is 14.4. The summed E-state index contributed by atoms with van der Waals surface area (Å²) in [6, 6.07) is 7.57. The Morgan fingerprint density at radius 3 is 2.01 bits per heavy atom. The Morgan fingerprint density at radius 2 is 1.44 bits per heavy atom. The molecule has 2 heterocycles. The summed E-state index contributed by atoms with van der Waals surface area (Å²) >= 11 is 0. The molecule has 1 fully saturated rings. The minimum Gasteiger partial charge on any atom is -0.379 e. The van der Waals surface area contributed by atoms with Gasteiger partial charge in [-0.2, -0.15) is 0 Å². The first-order chi connectivity index (χ1) is 33.2. The van der Waals surface area contributed by atoms with Crippen LogP contribution in [-0.4, -0.2) is 158 Å². The summed E-state index contributed by atoms with van der Waals surface area (Å²) in [6.07, 6.45) is 6.68. The van der Waals surface area contributed by atoms with Gasteiger partial charge in [-0.05, 0) is 69.5 Å². The highest BCUT2D eigenvalue weighted by atomic mass is 16.5. The molecule has 3 rings (SSSR count). The van der Waals surface area contributed by atoms with Gasteiger partial charge in [0, 0.05) is 78.2 Å². The number of benzene rings is 1. The minimum atomic E-state index is -0.780. The molecule has 6 amide bonds. The number of hydrogen-bond donors (Lipinski definition) is 2. The number of likely N-dealkylation sites (N-methyl/N-ethyl adjacent to an activating group) is 2. The van der Waals surface area contributed by atoms with Gasteiger partial charge in [-0.15, -0.1) is 0 Å². The van der Waals surface area contributed by atoms with Crippen LogP contribution in [0.2, 0.25) is 0 Å². The summed E-state index contributed by atoms with van der Waals surface area (Å²) in [5.74, 6) is -3.10. The number of amides is 6. The van der Waals surface area contributed by atoms with Gasteiger partial charge in [-0.25, -0.2) is 0 Å². The van der Waals surface area contributed by atoms with E-state index in [2.05, 4.69) is 17.6 Å². The van der Waals surface area contributed by atoms with Crippen molar-refractivity contribution in [3.8, 4) is 0 Å². The zero-order valence-electron chi connectivity index (χ0n) is 44.4. The Balaban J connectivity index is 1.66. The number of carbonyl (C=O) groups excluding carboxylic acids is 8. The zero-order valence-corrected chi connectivity index (χ0v) is 44.4. The van der Waals surface area contributed by atoms with Gasteiger partial charge in [0.15, 0.2) is 11.6 Å². The molecule has 16 heteroatoms. The Morgan fingerprint density at radius 1 is 0.800 bits per heavy atom.